The molecule has 10 heteroatoms. The number of methoxy groups -OCH3 is 1. The fraction of sp³-hybridized carbons (Fsp3) is 0.250. The molecule has 0 spiro atoms. The van der Waals surface area contributed by atoms with Crippen LogP contribution in [-0.4, -0.2) is 39.1 Å². The Kier molecular flexibility index (Phi) is 4.72. The summed E-state index contributed by atoms with van der Waals surface area (Å²) in [7, 11) is 1.52. The molecule has 0 aliphatic carbocycles. The summed E-state index contributed by atoms with van der Waals surface area (Å²) < 4.78 is 5.20. The second-order valence-electron chi connectivity index (χ2n) is 5.74. The number of carbonyl (C=O) groups excluding carboxylic acids is 1. The standard InChI is InChI=1S/C16H18N6O3S/c1-6(17)12(23)15-21-11(7-3-8(25-2)5-20-4-7)9-10(18)13(14(19)24)26-16(9)22-15/h3-6,12,23H,17-18H2,1-2H3,(H2,19,24). The Morgan fingerprint density at radius 3 is 2.69 bits per heavy atom. The number of hydrogen-bond acceptors (Lipinski definition) is 9. The van der Waals surface area contributed by atoms with E-state index in [0.717, 1.165) is 11.3 Å². The highest BCUT2D eigenvalue weighted by Crippen LogP contribution is 2.39. The van der Waals surface area contributed by atoms with Crippen molar-refractivity contribution in [2.45, 2.75) is 19.1 Å². The molecule has 1 amide bonds. The van der Waals surface area contributed by atoms with Crippen molar-refractivity contribution in [2.75, 3.05) is 12.8 Å². The Labute approximate surface area is 152 Å². The van der Waals surface area contributed by atoms with Gasteiger partial charge in [0.05, 0.1) is 30.1 Å². The van der Waals surface area contributed by atoms with Crippen LogP contribution < -0.4 is 21.9 Å². The van der Waals surface area contributed by atoms with Gasteiger partial charge in [0.15, 0.2) is 5.82 Å². The number of hydrogen-bond donors (Lipinski definition) is 4. The molecular weight excluding hydrogens is 356 g/mol. The van der Waals surface area contributed by atoms with E-state index in [1.165, 1.54) is 7.11 Å². The van der Waals surface area contributed by atoms with Gasteiger partial charge in [-0.3, -0.25) is 9.78 Å². The number of amides is 1. The van der Waals surface area contributed by atoms with Crippen LogP contribution in [-0.2, 0) is 0 Å². The number of thiophene rings is 1. The molecule has 0 aromatic carbocycles. The number of nitrogens with two attached hydrogens (primary N) is 3. The van der Waals surface area contributed by atoms with E-state index in [2.05, 4.69) is 15.0 Å². The molecule has 136 valence electrons. The molecule has 0 aliphatic rings. The number of fused-ring (bicyclic) bond motifs is 1. The quantitative estimate of drug-likeness (QED) is 0.510. The summed E-state index contributed by atoms with van der Waals surface area (Å²) in [5, 5.41) is 10.8. The predicted molar refractivity (Wildman–Crippen MR) is 98.7 cm³/mol. The van der Waals surface area contributed by atoms with E-state index < -0.39 is 18.1 Å². The van der Waals surface area contributed by atoms with Gasteiger partial charge < -0.3 is 27.0 Å². The van der Waals surface area contributed by atoms with Crippen LogP contribution in [0.3, 0.4) is 0 Å². The molecule has 3 heterocycles. The highest BCUT2D eigenvalue weighted by molar-refractivity contribution is 7.21. The Morgan fingerprint density at radius 1 is 1.35 bits per heavy atom. The highest BCUT2D eigenvalue weighted by atomic mass is 32.1. The number of rotatable bonds is 5. The smallest absolute Gasteiger partial charge is 0.260 e. The lowest BCUT2D eigenvalue weighted by Crippen LogP contribution is -2.26. The third kappa shape index (κ3) is 3.05. The zero-order chi connectivity index (χ0) is 19.0. The van der Waals surface area contributed by atoms with Crippen LogP contribution in [0.1, 0.15) is 28.5 Å². The topological polar surface area (TPSA) is 163 Å². The minimum atomic E-state index is -1.09. The summed E-state index contributed by atoms with van der Waals surface area (Å²) in [5.41, 5.74) is 18.5. The fourth-order valence-corrected chi connectivity index (χ4v) is 3.41. The zero-order valence-corrected chi connectivity index (χ0v) is 14.9. The molecule has 3 aromatic rings. The Balaban J connectivity index is 2.35. The first-order chi connectivity index (χ1) is 12.3. The van der Waals surface area contributed by atoms with Crippen LogP contribution in [0.5, 0.6) is 5.75 Å². The molecule has 0 radical (unpaired) electrons. The average molecular weight is 374 g/mol. The van der Waals surface area contributed by atoms with Crippen molar-refractivity contribution in [2.24, 2.45) is 11.5 Å². The number of primary amides is 1. The molecule has 3 rings (SSSR count). The van der Waals surface area contributed by atoms with Gasteiger partial charge in [0.1, 0.15) is 21.6 Å². The maximum absolute atomic E-state index is 11.7. The van der Waals surface area contributed by atoms with Crippen LogP contribution in [0.15, 0.2) is 18.5 Å². The van der Waals surface area contributed by atoms with Crippen LogP contribution >= 0.6 is 11.3 Å². The number of aliphatic hydroxyl groups excluding tert-OH is 1. The number of aliphatic hydroxyl groups is 1. The van der Waals surface area contributed by atoms with E-state index in [1.807, 2.05) is 0 Å². The molecule has 2 unspecified atom stereocenters. The van der Waals surface area contributed by atoms with Gasteiger partial charge in [0.25, 0.3) is 5.91 Å². The van der Waals surface area contributed by atoms with E-state index in [9.17, 15) is 9.90 Å². The summed E-state index contributed by atoms with van der Waals surface area (Å²) in [6, 6.07) is 1.13. The van der Waals surface area contributed by atoms with Crippen LogP contribution in [0, 0.1) is 0 Å². The number of anilines is 1. The van der Waals surface area contributed by atoms with Gasteiger partial charge >= 0.3 is 0 Å². The number of ether oxygens (including phenoxy) is 1. The van der Waals surface area contributed by atoms with Crippen molar-refractivity contribution < 1.29 is 14.6 Å². The molecule has 2 atom stereocenters. The predicted octanol–water partition coefficient (Wildman–Crippen LogP) is 0.824. The van der Waals surface area contributed by atoms with Gasteiger partial charge in [-0.2, -0.15) is 0 Å². The fourth-order valence-electron chi connectivity index (χ4n) is 2.46. The number of nitrogen functional groups attached to an aromatic ring is 1. The molecule has 0 aliphatic heterocycles. The average Bonchev–Trinajstić information content (AvgIpc) is 2.97. The lowest BCUT2D eigenvalue weighted by Gasteiger charge is -2.15. The van der Waals surface area contributed by atoms with Crippen molar-refractivity contribution in [1.29, 1.82) is 0 Å². The van der Waals surface area contributed by atoms with Crippen LogP contribution in [0.2, 0.25) is 0 Å². The van der Waals surface area contributed by atoms with Gasteiger partial charge in [-0.15, -0.1) is 11.3 Å². The SMILES string of the molecule is COc1cncc(-c2nc(C(O)C(C)N)nc3sc(C(N)=O)c(N)c23)c1. The van der Waals surface area contributed by atoms with Gasteiger partial charge in [-0.25, -0.2) is 9.97 Å². The van der Waals surface area contributed by atoms with E-state index >= 15 is 0 Å². The van der Waals surface area contributed by atoms with E-state index in [0.29, 0.717) is 27.2 Å². The minimum absolute atomic E-state index is 0.127. The molecule has 26 heavy (non-hydrogen) atoms. The number of carbonyl (C=O) groups is 1. The highest BCUT2D eigenvalue weighted by Gasteiger charge is 2.24. The molecule has 0 saturated heterocycles. The van der Waals surface area contributed by atoms with Crippen molar-refractivity contribution in [3.63, 3.8) is 0 Å². The van der Waals surface area contributed by atoms with Crippen molar-refractivity contribution >= 4 is 33.1 Å². The van der Waals surface area contributed by atoms with Crippen molar-refractivity contribution in [3.05, 3.63) is 29.2 Å². The minimum Gasteiger partial charge on any atom is -0.495 e. The zero-order valence-electron chi connectivity index (χ0n) is 14.1. The van der Waals surface area contributed by atoms with Gasteiger partial charge in [0, 0.05) is 17.8 Å². The first-order valence-corrected chi connectivity index (χ1v) is 8.48. The lowest BCUT2D eigenvalue weighted by atomic mass is 10.1. The summed E-state index contributed by atoms with van der Waals surface area (Å²) >= 11 is 1.04. The number of nitrogens with zero attached hydrogens (tertiary/aromatic N) is 3. The molecule has 9 nitrogen and oxygen atoms in total. The summed E-state index contributed by atoms with van der Waals surface area (Å²) in [5.74, 6) is -0.00965. The van der Waals surface area contributed by atoms with Crippen molar-refractivity contribution in [3.8, 4) is 17.0 Å². The third-order valence-corrected chi connectivity index (χ3v) is 4.93. The van der Waals surface area contributed by atoms with E-state index in [-0.39, 0.29) is 16.4 Å². The largest absolute Gasteiger partial charge is 0.495 e. The Bertz CT molecular complexity index is 988. The lowest BCUT2D eigenvalue weighted by molar-refractivity contribution is 0.100. The van der Waals surface area contributed by atoms with Crippen molar-refractivity contribution in [1.82, 2.24) is 15.0 Å². The second kappa shape index (κ2) is 6.83. The summed E-state index contributed by atoms with van der Waals surface area (Å²) in [6.07, 6.45) is 2.04. The van der Waals surface area contributed by atoms with Crippen LogP contribution in [0.25, 0.3) is 21.5 Å². The monoisotopic (exact) mass is 374 g/mol. The van der Waals surface area contributed by atoms with Gasteiger partial charge in [0.2, 0.25) is 0 Å². The van der Waals surface area contributed by atoms with E-state index in [4.69, 9.17) is 21.9 Å². The first-order valence-electron chi connectivity index (χ1n) is 7.66. The maximum atomic E-state index is 11.7. The molecule has 7 N–H and O–H groups in total. The normalized spacial score (nSPS) is 13.5. The number of aromatic nitrogens is 3. The van der Waals surface area contributed by atoms with Gasteiger partial charge in [-0.1, -0.05) is 0 Å². The summed E-state index contributed by atoms with van der Waals surface area (Å²) in [6.45, 7) is 1.64. The molecule has 0 saturated carbocycles. The Hall–Kier alpha value is -2.82. The van der Waals surface area contributed by atoms with Gasteiger partial charge in [-0.05, 0) is 13.0 Å². The second-order valence-corrected chi connectivity index (χ2v) is 6.74. The molecule has 0 fully saturated rings. The third-order valence-electron chi connectivity index (χ3n) is 3.81. The maximum Gasteiger partial charge on any atom is 0.260 e. The molecular formula is C16H18N6O3S. The molecule has 0 bridgehead atoms. The summed E-state index contributed by atoms with van der Waals surface area (Å²) in [4.78, 5) is 25.2. The molecule has 3 aromatic heterocycles. The first kappa shape index (κ1) is 18.0. The van der Waals surface area contributed by atoms with Crippen LogP contribution in [0.4, 0.5) is 5.69 Å². The van der Waals surface area contributed by atoms with E-state index in [1.54, 1.807) is 25.4 Å². The Morgan fingerprint density at radius 2 is 2.08 bits per heavy atom. The number of pyridine rings is 1.